The summed E-state index contributed by atoms with van der Waals surface area (Å²) in [5.74, 6) is 2.07. The molecule has 0 aliphatic carbocycles. The van der Waals surface area contributed by atoms with Crippen molar-refractivity contribution in [2.45, 2.75) is 32.3 Å². The molecule has 0 spiro atoms. The Labute approximate surface area is 184 Å². The number of hydrogen-bond donors (Lipinski definition) is 0. The lowest BCUT2D eigenvalue weighted by atomic mass is 10.1. The Bertz CT molecular complexity index is 1120. The number of nitrogens with zero attached hydrogens (tertiary/aromatic N) is 2. The zero-order chi connectivity index (χ0) is 21.4. The molecular formula is C23H24N2O5S. The summed E-state index contributed by atoms with van der Waals surface area (Å²) >= 11 is 1.52. The summed E-state index contributed by atoms with van der Waals surface area (Å²) in [6.07, 6.45) is 2.23. The third kappa shape index (κ3) is 3.93. The van der Waals surface area contributed by atoms with E-state index in [9.17, 15) is 4.79 Å². The van der Waals surface area contributed by atoms with Crippen molar-refractivity contribution < 1.29 is 23.7 Å². The summed E-state index contributed by atoms with van der Waals surface area (Å²) < 4.78 is 23.2. The minimum atomic E-state index is -0.0231. The number of carbonyl (C=O) groups is 1. The van der Waals surface area contributed by atoms with E-state index in [1.54, 1.807) is 12.0 Å². The van der Waals surface area contributed by atoms with Crippen molar-refractivity contribution >= 4 is 32.6 Å². The largest absolute Gasteiger partial charge is 0.494 e. The smallest absolute Gasteiger partial charge is 0.233 e. The molecule has 0 radical (unpaired) electrons. The van der Waals surface area contributed by atoms with Crippen LogP contribution in [-0.2, 0) is 16.0 Å². The fourth-order valence-electron chi connectivity index (χ4n) is 3.98. The van der Waals surface area contributed by atoms with E-state index in [4.69, 9.17) is 23.9 Å². The zero-order valence-corrected chi connectivity index (χ0v) is 18.4. The number of benzene rings is 2. The Morgan fingerprint density at radius 3 is 2.94 bits per heavy atom. The van der Waals surface area contributed by atoms with Crippen LogP contribution in [0.2, 0.25) is 0 Å². The highest BCUT2D eigenvalue weighted by atomic mass is 32.1. The average molecular weight is 441 g/mol. The van der Waals surface area contributed by atoms with Crippen molar-refractivity contribution in [3.8, 4) is 17.2 Å². The first-order chi connectivity index (χ1) is 15.1. The average Bonchev–Trinajstić information content (AvgIpc) is 3.52. The Morgan fingerprint density at radius 1 is 1.26 bits per heavy atom. The maximum atomic E-state index is 13.5. The maximum Gasteiger partial charge on any atom is 0.233 e. The van der Waals surface area contributed by atoms with Gasteiger partial charge in [-0.1, -0.05) is 23.5 Å². The van der Waals surface area contributed by atoms with E-state index >= 15 is 0 Å². The number of hydrogen-bond acceptors (Lipinski definition) is 7. The number of aryl methyl sites for hydroxylation is 1. The molecular weight excluding hydrogens is 416 g/mol. The van der Waals surface area contributed by atoms with Crippen LogP contribution in [0.15, 0.2) is 30.3 Å². The molecule has 1 atom stereocenters. The van der Waals surface area contributed by atoms with Crippen LogP contribution in [0.25, 0.3) is 10.2 Å². The van der Waals surface area contributed by atoms with Gasteiger partial charge in [0.2, 0.25) is 12.7 Å². The van der Waals surface area contributed by atoms with Crippen LogP contribution in [0.1, 0.15) is 24.0 Å². The predicted octanol–water partition coefficient (Wildman–Crippen LogP) is 4.10. The van der Waals surface area contributed by atoms with E-state index in [0.29, 0.717) is 28.9 Å². The van der Waals surface area contributed by atoms with Gasteiger partial charge in [0.05, 0.1) is 30.9 Å². The molecule has 3 aromatic rings. The molecule has 1 amide bonds. The fraction of sp³-hybridized carbons (Fsp3) is 0.391. The number of methoxy groups -OCH3 is 1. The normalized spacial score (nSPS) is 17.3. The summed E-state index contributed by atoms with van der Waals surface area (Å²) in [6, 6.07) is 9.56. The second-order valence-corrected chi connectivity index (χ2v) is 8.74. The second kappa shape index (κ2) is 8.36. The number of ether oxygens (including phenoxy) is 4. The molecule has 0 N–H and O–H groups in total. The van der Waals surface area contributed by atoms with Crippen molar-refractivity contribution in [2.24, 2.45) is 0 Å². The van der Waals surface area contributed by atoms with Crippen LogP contribution in [-0.4, -0.2) is 44.0 Å². The summed E-state index contributed by atoms with van der Waals surface area (Å²) in [6.45, 7) is 3.49. The molecule has 5 rings (SSSR count). The molecule has 2 aliphatic heterocycles. The van der Waals surface area contributed by atoms with Crippen LogP contribution < -0.4 is 19.1 Å². The Morgan fingerprint density at radius 2 is 2.13 bits per heavy atom. The molecule has 7 nitrogen and oxygen atoms in total. The minimum Gasteiger partial charge on any atom is -0.494 e. The number of carbonyl (C=O) groups excluding carboxylic acids is 1. The maximum absolute atomic E-state index is 13.5. The third-order valence-corrected chi connectivity index (χ3v) is 6.86. The van der Waals surface area contributed by atoms with Crippen molar-refractivity contribution in [1.82, 2.24) is 4.98 Å². The summed E-state index contributed by atoms with van der Waals surface area (Å²) in [7, 11) is 1.64. The molecule has 31 heavy (non-hydrogen) atoms. The van der Waals surface area contributed by atoms with Crippen molar-refractivity contribution in [2.75, 3.05) is 32.0 Å². The molecule has 8 heteroatoms. The Hall–Kier alpha value is -2.84. The van der Waals surface area contributed by atoms with Gasteiger partial charge in [-0.05, 0) is 49.1 Å². The van der Waals surface area contributed by atoms with E-state index in [1.165, 1.54) is 11.3 Å². The number of thiazole rings is 1. The van der Waals surface area contributed by atoms with E-state index in [0.717, 1.165) is 40.8 Å². The molecule has 1 fully saturated rings. The number of rotatable bonds is 6. The Kier molecular flexibility index (Phi) is 5.41. The van der Waals surface area contributed by atoms with Crippen LogP contribution in [0, 0.1) is 6.92 Å². The summed E-state index contributed by atoms with van der Waals surface area (Å²) in [5.41, 5.74) is 2.78. The first kappa shape index (κ1) is 20.1. The molecule has 0 saturated carbocycles. The SMILES string of the molecule is COc1ccc(C)c2sc(N(C[C@H]3CCCO3)C(=O)Cc3ccc4c(c3)OCO4)nc12. The van der Waals surface area contributed by atoms with Gasteiger partial charge in [0.15, 0.2) is 16.6 Å². The first-order valence-electron chi connectivity index (χ1n) is 10.4. The minimum absolute atomic E-state index is 0.0231. The number of anilines is 1. The second-order valence-electron chi connectivity index (χ2n) is 7.76. The van der Waals surface area contributed by atoms with Crippen LogP contribution in [0.5, 0.6) is 17.2 Å². The number of fused-ring (bicyclic) bond motifs is 2. The van der Waals surface area contributed by atoms with Gasteiger partial charge in [-0.25, -0.2) is 4.98 Å². The standard InChI is InChI=1S/C23H24N2O5S/c1-14-5-7-18(27-2)21-22(14)31-23(24-21)25(12-16-4-3-9-28-16)20(26)11-15-6-8-17-19(10-15)30-13-29-17/h5-8,10,16H,3-4,9,11-13H2,1-2H3/t16-/m1/s1. The first-order valence-corrected chi connectivity index (χ1v) is 11.2. The van der Waals surface area contributed by atoms with Gasteiger partial charge in [0.25, 0.3) is 0 Å². The van der Waals surface area contributed by atoms with E-state index < -0.39 is 0 Å². The van der Waals surface area contributed by atoms with E-state index in [1.807, 2.05) is 37.3 Å². The molecule has 3 heterocycles. The summed E-state index contributed by atoms with van der Waals surface area (Å²) in [5, 5.41) is 0.670. The van der Waals surface area contributed by atoms with Crippen molar-refractivity contribution in [3.05, 3.63) is 41.5 Å². The van der Waals surface area contributed by atoms with Crippen LogP contribution in [0.3, 0.4) is 0 Å². The van der Waals surface area contributed by atoms with Gasteiger partial charge in [0, 0.05) is 6.61 Å². The monoisotopic (exact) mass is 440 g/mol. The molecule has 2 aliphatic rings. The lowest BCUT2D eigenvalue weighted by molar-refractivity contribution is -0.118. The van der Waals surface area contributed by atoms with Crippen LogP contribution in [0.4, 0.5) is 5.13 Å². The molecule has 1 aromatic heterocycles. The molecule has 162 valence electrons. The highest BCUT2D eigenvalue weighted by Crippen LogP contribution is 2.37. The van der Waals surface area contributed by atoms with E-state index in [2.05, 4.69) is 0 Å². The molecule has 1 saturated heterocycles. The van der Waals surface area contributed by atoms with E-state index in [-0.39, 0.29) is 25.2 Å². The predicted molar refractivity (Wildman–Crippen MR) is 119 cm³/mol. The zero-order valence-electron chi connectivity index (χ0n) is 17.6. The van der Waals surface area contributed by atoms with Gasteiger partial charge in [-0.2, -0.15) is 0 Å². The molecule has 2 aromatic carbocycles. The van der Waals surface area contributed by atoms with Crippen LogP contribution >= 0.6 is 11.3 Å². The highest BCUT2D eigenvalue weighted by Gasteiger charge is 2.27. The molecule has 0 unspecified atom stereocenters. The number of amides is 1. The van der Waals surface area contributed by atoms with Gasteiger partial charge >= 0.3 is 0 Å². The van der Waals surface area contributed by atoms with Crippen molar-refractivity contribution in [1.29, 1.82) is 0 Å². The lowest BCUT2D eigenvalue weighted by Gasteiger charge is -2.23. The van der Waals surface area contributed by atoms with Gasteiger partial charge in [-0.15, -0.1) is 0 Å². The molecule has 0 bridgehead atoms. The summed E-state index contributed by atoms with van der Waals surface area (Å²) in [4.78, 5) is 20.0. The van der Waals surface area contributed by atoms with Gasteiger partial charge < -0.3 is 18.9 Å². The number of aromatic nitrogens is 1. The third-order valence-electron chi connectivity index (χ3n) is 5.65. The highest BCUT2D eigenvalue weighted by molar-refractivity contribution is 7.22. The van der Waals surface area contributed by atoms with Gasteiger partial charge in [-0.3, -0.25) is 9.69 Å². The van der Waals surface area contributed by atoms with Crippen molar-refractivity contribution in [3.63, 3.8) is 0 Å². The van der Waals surface area contributed by atoms with Gasteiger partial charge in [0.1, 0.15) is 11.3 Å². The lowest BCUT2D eigenvalue weighted by Crippen LogP contribution is -2.38. The topological polar surface area (TPSA) is 70.1 Å². The quantitative estimate of drug-likeness (QED) is 0.575. The fourth-order valence-corrected chi connectivity index (χ4v) is 5.06. The Balaban J connectivity index is 1.47.